The molecule has 0 heterocycles. The molecule has 0 atom stereocenters. The third-order valence-corrected chi connectivity index (χ3v) is 4.70. The molecular formula is C22H37NO. The number of ketones is 1. The van der Waals surface area contributed by atoms with Crippen molar-refractivity contribution in [1.82, 2.24) is 0 Å². The highest BCUT2D eigenvalue weighted by Crippen LogP contribution is 2.14. The van der Waals surface area contributed by atoms with Crippen LogP contribution < -0.4 is 5.73 Å². The second-order valence-corrected chi connectivity index (χ2v) is 6.92. The van der Waals surface area contributed by atoms with Gasteiger partial charge in [-0.15, -0.1) is 0 Å². The third kappa shape index (κ3) is 11.4. The SMILES string of the molecule is NCCCCCCCCCCCCCCCC(=O)c1ccccc1. The molecule has 0 fully saturated rings. The Hall–Kier alpha value is -1.15. The summed E-state index contributed by atoms with van der Waals surface area (Å²) >= 11 is 0. The summed E-state index contributed by atoms with van der Waals surface area (Å²) in [7, 11) is 0. The number of hydrogen-bond acceptors (Lipinski definition) is 2. The van der Waals surface area contributed by atoms with Crippen LogP contribution in [0.15, 0.2) is 30.3 Å². The quantitative estimate of drug-likeness (QED) is 0.286. The molecule has 0 amide bonds. The van der Waals surface area contributed by atoms with Gasteiger partial charge in [-0.2, -0.15) is 0 Å². The Kier molecular flexibility index (Phi) is 13.4. The minimum Gasteiger partial charge on any atom is -0.330 e. The van der Waals surface area contributed by atoms with E-state index >= 15 is 0 Å². The largest absolute Gasteiger partial charge is 0.330 e. The Morgan fingerprint density at radius 3 is 1.50 bits per heavy atom. The lowest BCUT2D eigenvalue weighted by Gasteiger charge is -2.03. The van der Waals surface area contributed by atoms with Gasteiger partial charge in [0.15, 0.2) is 5.78 Å². The maximum absolute atomic E-state index is 12.0. The van der Waals surface area contributed by atoms with E-state index in [2.05, 4.69) is 0 Å². The van der Waals surface area contributed by atoms with Gasteiger partial charge in [0.25, 0.3) is 0 Å². The molecule has 0 spiro atoms. The van der Waals surface area contributed by atoms with E-state index in [1.807, 2.05) is 30.3 Å². The van der Waals surface area contributed by atoms with Crippen LogP contribution in [0.1, 0.15) is 100 Å². The molecule has 136 valence electrons. The maximum Gasteiger partial charge on any atom is 0.162 e. The Bertz CT molecular complexity index is 402. The van der Waals surface area contributed by atoms with Crippen molar-refractivity contribution in [2.24, 2.45) is 5.73 Å². The molecule has 1 aromatic carbocycles. The first-order valence-corrected chi connectivity index (χ1v) is 10.1. The number of hydrogen-bond donors (Lipinski definition) is 1. The molecule has 0 saturated carbocycles. The highest BCUT2D eigenvalue weighted by atomic mass is 16.1. The van der Waals surface area contributed by atoms with Crippen molar-refractivity contribution in [2.45, 2.75) is 89.9 Å². The minimum absolute atomic E-state index is 0.294. The Labute approximate surface area is 149 Å². The van der Waals surface area contributed by atoms with Gasteiger partial charge in [0, 0.05) is 12.0 Å². The highest BCUT2D eigenvalue weighted by Gasteiger charge is 2.03. The fraction of sp³-hybridized carbons (Fsp3) is 0.682. The van der Waals surface area contributed by atoms with Crippen LogP contribution in [-0.4, -0.2) is 12.3 Å². The number of benzene rings is 1. The van der Waals surface area contributed by atoms with Crippen molar-refractivity contribution in [2.75, 3.05) is 6.54 Å². The van der Waals surface area contributed by atoms with Crippen molar-refractivity contribution in [1.29, 1.82) is 0 Å². The van der Waals surface area contributed by atoms with Crippen molar-refractivity contribution in [3.05, 3.63) is 35.9 Å². The van der Waals surface area contributed by atoms with Crippen LogP contribution >= 0.6 is 0 Å². The number of carbonyl (C=O) groups excluding carboxylic acids is 1. The molecule has 1 rings (SSSR count). The van der Waals surface area contributed by atoms with Gasteiger partial charge in [-0.1, -0.05) is 101 Å². The Morgan fingerprint density at radius 1 is 0.625 bits per heavy atom. The van der Waals surface area contributed by atoms with E-state index in [0.717, 1.165) is 18.5 Å². The van der Waals surface area contributed by atoms with E-state index in [-0.39, 0.29) is 0 Å². The van der Waals surface area contributed by atoms with Crippen LogP contribution in [0.3, 0.4) is 0 Å². The summed E-state index contributed by atoms with van der Waals surface area (Å²) in [5, 5.41) is 0. The lowest BCUT2D eigenvalue weighted by Crippen LogP contribution is -1.98. The summed E-state index contributed by atoms with van der Waals surface area (Å²) in [5.74, 6) is 0.294. The summed E-state index contributed by atoms with van der Waals surface area (Å²) in [6.07, 6.45) is 17.7. The minimum atomic E-state index is 0.294. The van der Waals surface area contributed by atoms with Gasteiger partial charge in [0.1, 0.15) is 0 Å². The standard InChI is InChI=1S/C22H37NO/c23-20-16-11-9-7-5-3-1-2-4-6-8-10-15-19-22(24)21-17-13-12-14-18-21/h12-14,17-18H,1-11,15-16,19-20,23H2. The molecule has 0 aliphatic rings. The van der Waals surface area contributed by atoms with E-state index < -0.39 is 0 Å². The Balaban J connectivity index is 1.80. The molecule has 0 radical (unpaired) electrons. The van der Waals surface area contributed by atoms with Crippen LogP contribution in [-0.2, 0) is 0 Å². The molecule has 0 aliphatic carbocycles. The number of nitrogens with two attached hydrogens (primary N) is 1. The fourth-order valence-corrected chi connectivity index (χ4v) is 3.14. The van der Waals surface area contributed by atoms with Crippen LogP contribution in [0.25, 0.3) is 0 Å². The zero-order valence-electron chi connectivity index (χ0n) is 15.5. The summed E-state index contributed by atoms with van der Waals surface area (Å²) < 4.78 is 0. The van der Waals surface area contributed by atoms with Gasteiger partial charge in [-0.25, -0.2) is 0 Å². The van der Waals surface area contributed by atoms with Crippen LogP contribution in [0.2, 0.25) is 0 Å². The summed E-state index contributed by atoms with van der Waals surface area (Å²) in [5.41, 5.74) is 6.35. The molecule has 2 heteroatoms. The van der Waals surface area contributed by atoms with Gasteiger partial charge in [0.05, 0.1) is 0 Å². The van der Waals surface area contributed by atoms with Gasteiger partial charge in [-0.05, 0) is 19.4 Å². The Morgan fingerprint density at radius 2 is 1.04 bits per heavy atom. The smallest absolute Gasteiger partial charge is 0.162 e. The van der Waals surface area contributed by atoms with Gasteiger partial charge >= 0.3 is 0 Å². The predicted molar refractivity (Wildman–Crippen MR) is 104 cm³/mol. The molecule has 0 aromatic heterocycles. The van der Waals surface area contributed by atoms with Crippen molar-refractivity contribution >= 4 is 5.78 Å². The van der Waals surface area contributed by atoms with E-state index in [0.29, 0.717) is 12.2 Å². The monoisotopic (exact) mass is 331 g/mol. The lowest BCUT2D eigenvalue weighted by molar-refractivity contribution is 0.0979. The molecule has 0 aliphatic heterocycles. The van der Waals surface area contributed by atoms with Crippen molar-refractivity contribution in [3.8, 4) is 0 Å². The zero-order valence-corrected chi connectivity index (χ0v) is 15.5. The van der Waals surface area contributed by atoms with E-state index in [4.69, 9.17) is 5.73 Å². The average molecular weight is 332 g/mol. The van der Waals surface area contributed by atoms with Crippen molar-refractivity contribution < 1.29 is 4.79 Å². The van der Waals surface area contributed by atoms with Crippen LogP contribution in [0, 0.1) is 0 Å². The molecule has 0 unspecified atom stereocenters. The van der Waals surface area contributed by atoms with E-state index in [9.17, 15) is 4.79 Å². The number of rotatable bonds is 16. The summed E-state index contributed by atoms with van der Waals surface area (Å²) in [6, 6.07) is 9.67. The second-order valence-electron chi connectivity index (χ2n) is 6.92. The van der Waals surface area contributed by atoms with Crippen molar-refractivity contribution in [3.63, 3.8) is 0 Å². The normalized spacial score (nSPS) is 10.9. The number of Topliss-reactive ketones (excluding diaryl/α,β-unsaturated/α-hetero) is 1. The molecule has 1 aromatic rings. The van der Waals surface area contributed by atoms with Gasteiger partial charge in [-0.3, -0.25) is 4.79 Å². The van der Waals surface area contributed by atoms with Crippen LogP contribution in [0.5, 0.6) is 0 Å². The molecule has 24 heavy (non-hydrogen) atoms. The number of carbonyl (C=O) groups is 1. The van der Waals surface area contributed by atoms with Gasteiger partial charge < -0.3 is 5.73 Å². The van der Waals surface area contributed by atoms with E-state index in [1.165, 1.54) is 77.0 Å². The first kappa shape index (κ1) is 20.9. The van der Waals surface area contributed by atoms with Crippen LogP contribution in [0.4, 0.5) is 0 Å². The highest BCUT2D eigenvalue weighted by molar-refractivity contribution is 5.95. The fourth-order valence-electron chi connectivity index (χ4n) is 3.14. The molecule has 0 saturated heterocycles. The lowest BCUT2D eigenvalue weighted by atomic mass is 10.0. The predicted octanol–water partition coefficient (Wildman–Crippen LogP) is 6.29. The third-order valence-electron chi connectivity index (χ3n) is 4.70. The average Bonchev–Trinajstić information content (AvgIpc) is 2.62. The summed E-state index contributed by atoms with van der Waals surface area (Å²) in [6.45, 7) is 0.848. The first-order valence-electron chi connectivity index (χ1n) is 10.1. The first-order chi connectivity index (χ1) is 11.8. The number of unbranched alkanes of at least 4 members (excludes halogenated alkanes) is 12. The van der Waals surface area contributed by atoms with Gasteiger partial charge in [0.2, 0.25) is 0 Å². The van der Waals surface area contributed by atoms with E-state index in [1.54, 1.807) is 0 Å². The zero-order chi connectivity index (χ0) is 17.3. The molecular weight excluding hydrogens is 294 g/mol. The topological polar surface area (TPSA) is 43.1 Å². The molecule has 2 nitrogen and oxygen atoms in total. The molecule has 0 bridgehead atoms. The molecule has 2 N–H and O–H groups in total. The maximum atomic E-state index is 12.0. The second kappa shape index (κ2) is 15.4. The summed E-state index contributed by atoms with van der Waals surface area (Å²) in [4.78, 5) is 12.0.